The number of hydrogen-bond donors (Lipinski definition) is 0. The minimum absolute atomic E-state index is 0.589. The zero-order valence-electron chi connectivity index (χ0n) is 20.3. The van der Waals surface area contributed by atoms with Gasteiger partial charge >= 0.3 is 0 Å². The second-order valence-corrected chi connectivity index (χ2v) is 9.99. The van der Waals surface area contributed by atoms with Gasteiger partial charge in [-0.25, -0.2) is 4.98 Å². The van der Waals surface area contributed by atoms with E-state index in [0.717, 1.165) is 48.5 Å². The molecule has 0 radical (unpaired) electrons. The minimum atomic E-state index is 0.589. The van der Waals surface area contributed by atoms with Crippen LogP contribution in [0.1, 0.15) is 0 Å². The van der Waals surface area contributed by atoms with Crippen LogP contribution in [0.25, 0.3) is 61.7 Å². The summed E-state index contributed by atoms with van der Waals surface area (Å²) in [6.45, 7) is 0. The predicted octanol–water partition coefficient (Wildman–Crippen LogP) is 8.73. The number of para-hydroxylation sites is 2. The van der Waals surface area contributed by atoms with E-state index in [9.17, 15) is 0 Å². The van der Waals surface area contributed by atoms with Gasteiger partial charge in [0.2, 0.25) is 5.95 Å². The molecule has 7 rings (SSSR count). The Labute approximate surface area is 228 Å². The van der Waals surface area contributed by atoms with Gasteiger partial charge in [-0.15, -0.1) is 0 Å². The maximum atomic E-state index is 5.06. The van der Waals surface area contributed by atoms with Crippen molar-refractivity contribution < 1.29 is 0 Å². The number of halogens is 1. The molecule has 0 bridgehead atoms. The molecular weight excluding hydrogens is 532 g/mol. The van der Waals surface area contributed by atoms with Crippen LogP contribution < -0.4 is 0 Å². The molecule has 0 saturated carbocycles. The van der Waals surface area contributed by atoms with E-state index in [1.165, 1.54) is 0 Å². The van der Waals surface area contributed by atoms with E-state index >= 15 is 0 Å². The highest BCUT2D eigenvalue weighted by molar-refractivity contribution is 9.10. The summed E-state index contributed by atoms with van der Waals surface area (Å²) >= 11 is 3.54. The molecule has 5 heteroatoms. The summed E-state index contributed by atoms with van der Waals surface area (Å²) in [6.07, 6.45) is 0. The lowest BCUT2D eigenvalue weighted by Gasteiger charge is -2.13. The molecule has 0 atom stereocenters. The van der Waals surface area contributed by atoms with Crippen LogP contribution in [-0.2, 0) is 0 Å². The summed E-state index contributed by atoms with van der Waals surface area (Å²) in [5.74, 6) is 1.85. The van der Waals surface area contributed by atoms with E-state index in [-0.39, 0.29) is 0 Å². The average molecular weight is 553 g/mol. The number of benzene rings is 5. The van der Waals surface area contributed by atoms with Crippen molar-refractivity contribution in [2.45, 2.75) is 0 Å². The van der Waals surface area contributed by atoms with Crippen molar-refractivity contribution in [3.05, 3.63) is 132 Å². The average Bonchev–Trinajstić information content (AvgIpc) is 3.33. The fraction of sp³-hybridized carbons (Fsp3) is 0. The van der Waals surface area contributed by atoms with Crippen molar-refractivity contribution in [2.24, 2.45) is 0 Å². The Morgan fingerprint density at radius 2 is 1.05 bits per heavy atom. The van der Waals surface area contributed by atoms with Crippen molar-refractivity contribution in [3.8, 4) is 39.9 Å². The summed E-state index contributed by atoms with van der Waals surface area (Å²) in [5, 5.41) is 2.32. The van der Waals surface area contributed by atoms with Crippen LogP contribution in [0.5, 0.6) is 0 Å². The molecule has 0 aliphatic rings. The molecule has 0 N–H and O–H groups in total. The fourth-order valence-electron chi connectivity index (χ4n) is 4.99. The van der Waals surface area contributed by atoms with E-state index in [4.69, 9.17) is 15.0 Å². The van der Waals surface area contributed by atoms with Crippen LogP contribution in [0.2, 0.25) is 0 Å². The maximum absolute atomic E-state index is 5.06. The molecule has 0 saturated heterocycles. The van der Waals surface area contributed by atoms with Gasteiger partial charge in [-0.3, -0.25) is 4.57 Å². The van der Waals surface area contributed by atoms with Crippen LogP contribution in [0.3, 0.4) is 0 Å². The lowest BCUT2D eigenvalue weighted by molar-refractivity contribution is 0.954. The zero-order valence-corrected chi connectivity index (χ0v) is 21.9. The van der Waals surface area contributed by atoms with Gasteiger partial charge in [-0.2, -0.15) is 9.97 Å². The molecule has 5 aromatic carbocycles. The first kappa shape index (κ1) is 22.6. The third-order valence-electron chi connectivity index (χ3n) is 6.74. The highest BCUT2D eigenvalue weighted by Crippen LogP contribution is 2.37. The smallest absolute Gasteiger partial charge is 0.238 e. The Morgan fingerprint density at radius 3 is 1.76 bits per heavy atom. The summed E-state index contributed by atoms with van der Waals surface area (Å²) in [6, 6.07) is 43.5. The van der Waals surface area contributed by atoms with E-state index in [1.54, 1.807) is 0 Å². The van der Waals surface area contributed by atoms with Gasteiger partial charge in [0.05, 0.1) is 11.0 Å². The van der Waals surface area contributed by atoms with Crippen LogP contribution in [-0.4, -0.2) is 19.5 Å². The van der Waals surface area contributed by atoms with Crippen molar-refractivity contribution >= 4 is 37.7 Å². The number of fused-ring (bicyclic) bond motifs is 3. The molecule has 38 heavy (non-hydrogen) atoms. The van der Waals surface area contributed by atoms with Gasteiger partial charge < -0.3 is 0 Å². The lowest BCUT2D eigenvalue weighted by Crippen LogP contribution is -2.06. The van der Waals surface area contributed by atoms with E-state index < -0.39 is 0 Å². The van der Waals surface area contributed by atoms with Crippen LogP contribution in [0.15, 0.2) is 132 Å². The van der Waals surface area contributed by atoms with Gasteiger partial charge in [-0.05, 0) is 23.8 Å². The van der Waals surface area contributed by atoms with Crippen LogP contribution in [0, 0.1) is 0 Å². The number of aromatic nitrogens is 4. The van der Waals surface area contributed by atoms with E-state index in [1.807, 2.05) is 60.7 Å². The second kappa shape index (κ2) is 9.36. The molecule has 0 amide bonds. The van der Waals surface area contributed by atoms with Crippen molar-refractivity contribution in [3.63, 3.8) is 0 Å². The first-order valence-corrected chi connectivity index (χ1v) is 13.2. The topological polar surface area (TPSA) is 43.6 Å². The molecular formula is C33H21BrN4. The van der Waals surface area contributed by atoms with Crippen molar-refractivity contribution in [1.29, 1.82) is 0 Å². The van der Waals surface area contributed by atoms with Gasteiger partial charge in [0.25, 0.3) is 0 Å². The third kappa shape index (κ3) is 3.88. The molecule has 0 aliphatic heterocycles. The largest absolute Gasteiger partial charge is 0.277 e. The molecule has 0 fully saturated rings. The minimum Gasteiger partial charge on any atom is -0.277 e. The Morgan fingerprint density at radius 1 is 0.474 bits per heavy atom. The summed E-state index contributed by atoms with van der Waals surface area (Å²) in [7, 11) is 0. The molecule has 0 unspecified atom stereocenters. The molecule has 0 aliphatic carbocycles. The molecule has 2 heterocycles. The first-order chi connectivity index (χ1) is 18.8. The lowest BCUT2D eigenvalue weighted by atomic mass is 10.0. The van der Waals surface area contributed by atoms with Gasteiger partial charge in [0, 0.05) is 31.9 Å². The Kier molecular flexibility index (Phi) is 5.56. The summed E-state index contributed by atoms with van der Waals surface area (Å²) in [5.41, 5.74) is 6.28. The second-order valence-electron chi connectivity index (χ2n) is 9.08. The van der Waals surface area contributed by atoms with Gasteiger partial charge in [0.15, 0.2) is 11.6 Å². The summed E-state index contributed by atoms with van der Waals surface area (Å²) in [4.78, 5) is 15.0. The monoisotopic (exact) mass is 552 g/mol. The molecule has 2 aromatic heterocycles. The Hall–Kier alpha value is -4.61. The quantitative estimate of drug-likeness (QED) is 0.219. The zero-order chi connectivity index (χ0) is 25.5. The van der Waals surface area contributed by atoms with Gasteiger partial charge in [0.1, 0.15) is 0 Å². The number of nitrogens with zero attached hydrogens (tertiary/aromatic N) is 4. The molecule has 0 spiro atoms. The van der Waals surface area contributed by atoms with Crippen LogP contribution >= 0.6 is 15.9 Å². The fourth-order valence-corrected chi connectivity index (χ4v) is 5.25. The molecule has 7 aromatic rings. The predicted molar refractivity (Wildman–Crippen MR) is 158 cm³/mol. The van der Waals surface area contributed by atoms with E-state index in [0.29, 0.717) is 17.6 Å². The SMILES string of the molecule is Brc1ccc(-c2nc(-c3ccccc3)nc(-n3c4ccccc4c4cccc(-c5ccccc5)c43)n2)cc1. The van der Waals surface area contributed by atoms with Crippen LogP contribution in [0.4, 0.5) is 0 Å². The highest BCUT2D eigenvalue weighted by atomic mass is 79.9. The Bertz CT molecular complexity index is 1910. The van der Waals surface area contributed by atoms with Crippen molar-refractivity contribution in [1.82, 2.24) is 19.5 Å². The number of hydrogen-bond acceptors (Lipinski definition) is 3. The standard InChI is InChI=1S/C33H21BrN4/c34-25-20-18-24(19-21-25)32-35-31(23-12-5-2-6-13-23)36-33(37-32)38-29-17-8-7-14-27(29)28-16-9-15-26(30(28)38)22-10-3-1-4-11-22/h1-21H. The first-order valence-electron chi connectivity index (χ1n) is 12.4. The molecule has 4 nitrogen and oxygen atoms in total. The van der Waals surface area contributed by atoms with Gasteiger partial charge in [-0.1, -0.05) is 125 Å². The Balaban J connectivity index is 1.59. The highest BCUT2D eigenvalue weighted by Gasteiger charge is 2.20. The molecule has 180 valence electrons. The maximum Gasteiger partial charge on any atom is 0.238 e. The van der Waals surface area contributed by atoms with E-state index in [2.05, 4.69) is 87.2 Å². The normalized spacial score (nSPS) is 11.3. The van der Waals surface area contributed by atoms with Crippen molar-refractivity contribution in [2.75, 3.05) is 0 Å². The third-order valence-corrected chi connectivity index (χ3v) is 7.27. The number of rotatable bonds is 4. The summed E-state index contributed by atoms with van der Waals surface area (Å²) < 4.78 is 3.19.